The van der Waals surface area contributed by atoms with Crippen LogP contribution in [0.25, 0.3) is 0 Å². The molecule has 5 nitrogen and oxygen atoms in total. The van der Waals surface area contributed by atoms with Gasteiger partial charge in [0.15, 0.2) is 5.76 Å². The number of amides is 1. The van der Waals surface area contributed by atoms with Gasteiger partial charge in [0.05, 0.1) is 12.6 Å². The number of hydrogen-bond donors (Lipinski definition) is 1. The predicted octanol–water partition coefficient (Wildman–Crippen LogP) is -0.391. The van der Waals surface area contributed by atoms with Crippen molar-refractivity contribution in [2.75, 3.05) is 0 Å². The largest absolute Gasteiger partial charge is 0.503 e. The lowest BCUT2D eigenvalue weighted by Crippen LogP contribution is -2.22. The second-order valence-corrected chi connectivity index (χ2v) is 2.02. The lowest BCUT2D eigenvalue weighted by atomic mass is 10.1. The summed E-state index contributed by atoms with van der Waals surface area (Å²) in [6, 6.07) is 0. The molecule has 0 saturated carbocycles. The van der Waals surface area contributed by atoms with E-state index in [0.717, 1.165) is 6.20 Å². The summed E-state index contributed by atoms with van der Waals surface area (Å²) < 4.78 is 0. The Kier molecular flexibility index (Phi) is 1.72. The fraction of sp³-hybridized carbons (Fsp3) is 0.167. The van der Waals surface area contributed by atoms with Crippen molar-refractivity contribution in [2.45, 2.75) is 6.42 Å². The second-order valence-electron chi connectivity index (χ2n) is 2.02. The Hall–Kier alpha value is -1.65. The van der Waals surface area contributed by atoms with Gasteiger partial charge in [-0.15, -0.1) is 0 Å². The van der Waals surface area contributed by atoms with Gasteiger partial charge >= 0.3 is 0 Å². The van der Waals surface area contributed by atoms with Gasteiger partial charge in [-0.2, -0.15) is 0 Å². The third-order valence-corrected chi connectivity index (χ3v) is 1.22. The van der Waals surface area contributed by atoms with E-state index in [2.05, 4.69) is 4.99 Å². The van der Waals surface area contributed by atoms with Gasteiger partial charge in [-0.25, -0.2) is 0 Å². The molecule has 11 heavy (non-hydrogen) atoms. The van der Waals surface area contributed by atoms with Crippen molar-refractivity contribution in [3.8, 4) is 0 Å². The van der Waals surface area contributed by atoms with E-state index in [1.54, 1.807) is 0 Å². The topological polar surface area (TPSA) is 90.5 Å². The molecule has 0 atom stereocenters. The Morgan fingerprint density at radius 3 is 2.82 bits per heavy atom. The zero-order valence-corrected chi connectivity index (χ0v) is 5.50. The van der Waals surface area contributed by atoms with Crippen LogP contribution in [0.3, 0.4) is 0 Å². The van der Waals surface area contributed by atoms with E-state index in [4.69, 9.17) is 10.8 Å². The van der Waals surface area contributed by atoms with Crippen molar-refractivity contribution in [1.82, 2.24) is 5.73 Å². The van der Waals surface area contributed by atoms with Gasteiger partial charge in [0.25, 0.3) is 5.91 Å². The minimum atomic E-state index is -0.984. The molecule has 1 amide bonds. The van der Waals surface area contributed by atoms with Gasteiger partial charge in [-0.1, -0.05) is 0 Å². The molecular weight excluding hydrogens is 148 g/mol. The number of aliphatic hydroxyl groups excluding tert-OH is 1. The molecule has 1 aliphatic heterocycles. The van der Waals surface area contributed by atoms with Gasteiger partial charge in [0.1, 0.15) is 5.71 Å². The maximum absolute atomic E-state index is 10.7. The van der Waals surface area contributed by atoms with E-state index < -0.39 is 17.4 Å². The van der Waals surface area contributed by atoms with E-state index in [-0.39, 0.29) is 12.1 Å². The zero-order valence-electron chi connectivity index (χ0n) is 5.50. The molecule has 0 aromatic heterocycles. The van der Waals surface area contributed by atoms with E-state index in [1.165, 1.54) is 0 Å². The molecule has 0 unspecified atom stereocenters. The highest BCUT2D eigenvalue weighted by molar-refractivity contribution is 6.42. The van der Waals surface area contributed by atoms with Crippen molar-refractivity contribution in [1.29, 1.82) is 0 Å². The third kappa shape index (κ3) is 1.43. The number of ketones is 1. The SMILES string of the molecule is [NH]C(=O)C1=NC=C(O)C(=O)C1. The average Bonchev–Trinajstić information content (AvgIpc) is 1.94. The van der Waals surface area contributed by atoms with Crippen LogP contribution in [0.4, 0.5) is 0 Å². The maximum Gasteiger partial charge on any atom is 0.284 e. The molecule has 0 aliphatic carbocycles. The Morgan fingerprint density at radius 1 is 1.73 bits per heavy atom. The van der Waals surface area contributed by atoms with Crippen LogP contribution in [0.2, 0.25) is 0 Å². The van der Waals surface area contributed by atoms with E-state index in [9.17, 15) is 9.59 Å². The summed E-state index contributed by atoms with van der Waals surface area (Å²) >= 11 is 0. The normalized spacial score (nSPS) is 17.3. The molecule has 1 rings (SSSR count). The fourth-order valence-corrected chi connectivity index (χ4v) is 0.638. The summed E-state index contributed by atoms with van der Waals surface area (Å²) in [5.41, 5.74) is 6.46. The number of hydrogen-bond acceptors (Lipinski definition) is 4. The van der Waals surface area contributed by atoms with Crippen molar-refractivity contribution in [3.05, 3.63) is 12.0 Å². The molecule has 0 fully saturated rings. The van der Waals surface area contributed by atoms with Crippen molar-refractivity contribution in [2.24, 2.45) is 4.99 Å². The highest BCUT2D eigenvalue weighted by atomic mass is 16.3. The molecule has 0 spiro atoms. The summed E-state index contributed by atoms with van der Waals surface area (Å²) in [4.78, 5) is 24.4. The van der Waals surface area contributed by atoms with Gasteiger partial charge in [-0.3, -0.25) is 20.3 Å². The molecule has 0 bridgehead atoms. The van der Waals surface area contributed by atoms with Crippen LogP contribution in [0.1, 0.15) is 6.42 Å². The fourth-order valence-electron chi connectivity index (χ4n) is 0.638. The van der Waals surface area contributed by atoms with Crippen LogP contribution in [0.5, 0.6) is 0 Å². The minimum absolute atomic E-state index is 0.132. The Bertz CT molecular complexity index is 278. The number of nitrogens with zero attached hydrogens (tertiary/aromatic N) is 1. The first kappa shape index (κ1) is 7.46. The summed E-state index contributed by atoms with van der Waals surface area (Å²) in [5.74, 6) is -2.02. The number of rotatable bonds is 1. The first-order chi connectivity index (χ1) is 5.11. The lowest BCUT2D eigenvalue weighted by molar-refractivity contribution is -0.118. The summed E-state index contributed by atoms with van der Waals surface area (Å²) in [5, 5.41) is 8.71. The number of aliphatic hydroxyl groups is 1. The van der Waals surface area contributed by atoms with E-state index >= 15 is 0 Å². The van der Waals surface area contributed by atoms with E-state index in [0.29, 0.717) is 0 Å². The highest BCUT2D eigenvalue weighted by Gasteiger charge is 2.19. The molecule has 0 saturated heterocycles. The number of carbonyl (C=O) groups is 2. The Morgan fingerprint density at radius 2 is 2.36 bits per heavy atom. The lowest BCUT2D eigenvalue weighted by Gasteiger charge is -2.03. The Balaban J connectivity index is 2.90. The third-order valence-electron chi connectivity index (χ3n) is 1.22. The number of allylic oxidation sites excluding steroid dienone is 1. The number of carbonyl (C=O) groups excluding carboxylic acids is 2. The van der Waals surface area contributed by atoms with Crippen LogP contribution in [-0.2, 0) is 9.59 Å². The van der Waals surface area contributed by atoms with Gasteiger partial charge in [-0.05, 0) is 0 Å². The summed E-state index contributed by atoms with van der Waals surface area (Å²) in [6.07, 6.45) is 0.609. The van der Waals surface area contributed by atoms with Crippen molar-refractivity contribution >= 4 is 17.4 Å². The molecule has 5 heteroatoms. The maximum atomic E-state index is 10.7. The van der Waals surface area contributed by atoms with Crippen LogP contribution in [0, 0.1) is 0 Å². The van der Waals surface area contributed by atoms with Gasteiger partial charge < -0.3 is 5.11 Å². The smallest absolute Gasteiger partial charge is 0.284 e. The average molecular weight is 153 g/mol. The van der Waals surface area contributed by atoms with Crippen LogP contribution in [0.15, 0.2) is 17.0 Å². The van der Waals surface area contributed by atoms with Crippen LogP contribution >= 0.6 is 0 Å². The minimum Gasteiger partial charge on any atom is -0.503 e. The predicted molar refractivity (Wildman–Crippen MR) is 35.9 cm³/mol. The van der Waals surface area contributed by atoms with Crippen molar-refractivity contribution < 1.29 is 14.7 Å². The number of aliphatic imine (C=N–C) groups is 1. The standard InChI is InChI=1S/C6H5N2O3/c7-6(11)3-1-4(9)5(10)2-8-3/h2,7,10H,1H2. The first-order valence-corrected chi connectivity index (χ1v) is 2.86. The second kappa shape index (κ2) is 2.53. The summed E-state index contributed by atoms with van der Waals surface area (Å²) in [7, 11) is 0. The Labute approximate surface area is 62.2 Å². The number of Topliss-reactive ketones (excluding diaryl/α,β-unsaturated/α-hetero) is 1. The molecule has 1 radical (unpaired) electrons. The molecule has 0 aromatic carbocycles. The molecule has 0 aromatic rings. The molecule has 1 heterocycles. The van der Waals surface area contributed by atoms with Gasteiger partial charge in [0, 0.05) is 0 Å². The van der Waals surface area contributed by atoms with Crippen LogP contribution < -0.4 is 5.73 Å². The summed E-state index contributed by atoms with van der Waals surface area (Å²) in [6.45, 7) is 0. The van der Waals surface area contributed by atoms with E-state index in [1.807, 2.05) is 0 Å². The quantitative estimate of drug-likeness (QED) is 0.556. The molecule has 57 valence electrons. The highest BCUT2D eigenvalue weighted by Crippen LogP contribution is 2.05. The first-order valence-electron chi connectivity index (χ1n) is 2.86. The van der Waals surface area contributed by atoms with Crippen molar-refractivity contribution in [3.63, 3.8) is 0 Å². The monoisotopic (exact) mass is 153 g/mol. The number of nitrogens with one attached hydrogen (secondary N) is 1. The molecular formula is C6H5N2O3. The van der Waals surface area contributed by atoms with Crippen LogP contribution in [-0.4, -0.2) is 22.5 Å². The van der Waals surface area contributed by atoms with Gasteiger partial charge in [0.2, 0.25) is 5.78 Å². The molecule has 2 N–H and O–H groups in total. The molecule has 1 aliphatic rings. The zero-order chi connectivity index (χ0) is 8.43.